The lowest BCUT2D eigenvalue weighted by molar-refractivity contribution is 0.0991. The van der Waals surface area contributed by atoms with Crippen LogP contribution in [-0.4, -0.2) is 47.2 Å². The quantitative estimate of drug-likeness (QED) is 0.0485. The monoisotopic (exact) mass is 2030 g/mol. The van der Waals surface area contributed by atoms with Crippen LogP contribution in [0, 0.1) is 0 Å². The second-order valence-electron chi connectivity index (χ2n) is 29.6. The molecule has 22 rings (SSSR count). The molecular weight excluding hydrogens is 1950 g/mol. The Bertz CT molecular complexity index is 6960. The number of ether oxygens (including phenoxy) is 2. The standard InChI is InChI=1S/C37H25N3O.C25H17BrN2.C14H11BrO.C12H9NO.C11H9BrN2.C6H5BBrO2.C5H5BrN2/c1-3-11-27(12-4-1)36-37(28-13-5-2-6-14-28)39-25-29(21-24-35(39)38-36)26-19-22-30(23-20-26)40-31-15-7-9-17-33(31)41-34-18-10-8-16-32(34)40;26-22-14-11-18(12-15-22)21-13-16-23-27-24(19-7-3-1-4-8-19)25(28(23)17-21)20-9-5-2-6-10-20;15-13(11-7-3-1-4-8-11)14(16)12-9-5-2-6-10-12;1-3-7-11-9(5-1)13-10-6-2-4-8-12(10)14-11;12-10-4-1-8(2-5-10)9-3-6-11(13)14-7-9;8-5-1-3-6(4-2-5)10-7-9;6-4-1-2-5(7)8-3-4/h1-25H;1-17H;1-10,13H;1-8,13H;1-7H,(H2,13,14);1-4,9H;1-3H,(H2,7,8). The molecule has 8 heterocycles. The minimum Gasteiger partial charge on any atom is -0.537 e. The Kier molecular flexibility index (Phi) is 30.2. The third kappa shape index (κ3) is 23.0. The summed E-state index contributed by atoms with van der Waals surface area (Å²) in [5.41, 5.74) is 35.1. The summed E-state index contributed by atoms with van der Waals surface area (Å²) >= 11 is 16.8. The summed E-state index contributed by atoms with van der Waals surface area (Å²) in [6.45, 7) is 0. The summed E-state index contributed by atoms with van der Waals surface area (Å²) in [4.78, 5) is 32.0. The van der Waals surface area contributed by atoms with Crippen LogP contribution in [0.4, 0.5) is 40.1 Å². The number of nitrogens with one attached hydrogen (secondary N) is 1. The van der Waals surface area contributed by atoms with Crippen molar-refractivity contribution in [3.05, 3.63) is 478 Å². The number of para-hydroxylation sites is 8. The van der Waals surface area contributed by atoms with Crippen molar-refractivity contribution in [2.24, 2.45) is 0 Å². The van der Waals surface area contributed by atoms with Crippen molar-refractivity contribution in [3.8, 4) is 107 Å². The number of rotatable bonds is 13. The number of nitrogens with zero attached hydrogens (tertiary/aromatic N) is 7. The predicted molar refractivity (Wildman–Crippen MR) is 551 cm³/mol. The fourth-order valence-corrected chi connectivity index (χ4v) is 16.1. The highest BCUT2D eigenvalue weighted by Crippen LogP contribution is 2.51. The van der Waals surface area contributed by atoms with Crippen molar-refractivity contribution in [1.82, 2.24) is 28.7 Å². The van der Waals surface area contributed by atoms with E-state index in [1.54, 1.807) is 36.7 Å². The first-order valence-electron chi connectivity index (χ1n) is 41.6. The van der Waals surface area contributed by atoms with Gasteiger partial charge in [-0.05, 0) is 207 Å². The number of ketones is 1. The smallest absolute Gasteiger partial charge is 0.537 e. The van der Waals surface area contributed by atoms with Crippen molar-refractivity contribution in [2.45, 2.75) is 4.83 Å². The fourth-order valence-electron chi connectivity index (χ4n) is 14.5. The van der Waals surface area contributed by atoms with E-state index in [-0.39, 0.29) is 10.6 Å². The van der Waals surface area contributed by atoms with Crippen molar-refractivity contribution in [3.63, 3.8) is 0 Å². The van der Waals surface area contributed by atoms with Crippen LogP contribution in [0.2, 0.25) is 0 Å². The van der Waals surface area contributed by atoms with E-state index < -0.39 is 0 Å². The number of pyridine rings is 4. The van der Waals surface area contributed by atoms with Gasteiger partial charge in [-0.15, -0.1) is 0 Å². The molecule has 14 aromatic carbocycles. The molecular formula is C110H81BBr5N10O5. The number of halogens is 5. The van der Waals surface area contributed by atoms with Gasteiger partial charge in [-0.1, -0.05) is 331 Å². The van der Waals surface area contributed by atoms with Gasteiger partial charge in [0.1, 0.15) is 33.5 Å². The van der Waals surface area contributed by atoms with Crippen molar-refractivity contribution >= 4 is 144 Å². The highest BCUT2D eigenvalue weighted by atomic mass is 79.9. The van der Waals surface area contributed by atoms with Gasteiger partial charge in [0.15, 0.2) is 28.8 Å². The molecule has 6 N–H and O–H groups in total. The molecule has 0 saturated heterocycles. The lowest BCUT2D eigenvalue weighted by atomic mass is 10.0. The van der Waals surface area contributed by atoms with Crippen LogP contribution in [0.15, 0.2) is 467 Å². The highest BCUT2D eigenvalue weighted by Gasteiger charge is 2.27. The summed E-state index contributed by atoms with van der Waals surface area (Å²) in [5.74, 6) is 5.26. The van der Waals surface area contributed by atoms with Crippen molar-refractivity contribution in [2.75, 3.05) is 21.7 Å². The maximum absolute atomic E-state index is 12.1. The molecule has 1 atom stereocenters. The maximum atomic E-state index is 12.1. The van der Waals surface area contributed by atoms with E-state index in [2.05, 4.69) is 308 Å². The Morgan fingerprint density at radius 2 is 0.702 bits per heavy atom. The van der Waals surface area contributed by atoms with E-state index in [4.69, 9.17) is 35.9 Å². The van der Waals surface area contributed by atoms with Crippen LogP contribution < -0.4 is 35.8 Å². The Morgan fingerprint density at radius 3 is 1.13 bits per heavy atom. The van der Waals surface area contributed by atoms with E-state index >= 15 is 0 Å². The lowest BCUT2D eigenvalue weighted by Crippen LogP contribution is -2.15. The van der Waals surface area contributed by atoms with Gasteiger partial charge < -0.3 is 40.8 Å². The van der Waals surface area contributed by atoms with E-state index in [1.807, 2.05) is 218 Å². The highest BCUT2D eigenvalue weighted by molar-refractivity contribution is 9.11. The number of hydrogen-bond acceptors (Lipinski definition) is 13. The van der Waals surface area contributed by atoms with E-state index in [1.165, 1.54) is 5.56 Å². The normalized spacial score (nSPS) is 11.2. The maximum Gasteiger partial charge on any atom is 0.569 e. The number of carbonyl (C=O) groups is 1. The zero-order chi connectivity index (χ0) is 90.2. The number of Topliss-reactive ketones (excluding diaryl/α,β-unsaturated/α-hetero) is 1. The van der Waals surface area contributed by atoms with Crippen LogP contribution in [0.5, 0.6) is 28.7 Å². The molecule has 2 aliphatic heterocycles. The number of nitrogen functional groups attached to an aromatic ring is 2. The number of hydrogen-bond donors (Lipinski definition) is 4. The molecule has 131 heavy (non-hydrogen) atoms. The number of benzene rings is 14. The molecule has 2 aliphatic rings. The molecule has 639 valence electrons. The van der Waals surface area contributed by atoms with Gasteiger partial charge in [-0.2, -0.15) is 0 Å². The third-order valence-electron chi connectivity index (χ3n) is 20.9. The average Bonchev–Trinajstić information content (AvgIpc) is 1.45. The molecule has 0 bridgehead atoms. The lowest BCUT2D eigenvalue weighted by Gasteiger charge is -2.32. The molecule has 6 aromatic heterocycles. The molecule has 0 fully saturated rings. The molecule has 0 aliphatic carbocycles. The Labute approximate surface area is 802 Å². The molecule has 0 amide bonds. The summed E-state index contributed by atoms with van der Waals surface area (Å²) in [7, 11) is 0.656. The molecule has 20 aromatic rings. The number of imidazole rings is 2. The zero-order valence-electron chi connectivity index (χ0n) is 70.1. The number of anilines is 7. The van der Waals surface area contributed by atoms with Gasteiger partial charge in [0.25, 0.3) is 0 Å². The van der Waals surface area contributed by atoms with Crippen LogP contribution in [0.25, 0.3) is 89.7 Å². The molecule has 0 spiro atoms. The van der Waals surface area contributed by atoms with Crippen LogP contribution in [0.1, 0.15) is 20.7 Å². The zero-order valence-corrected chi connectivity index (χ0v) is 78.1. The average molecular weight is 2030 g/mol. The van der Waals surface area contributed by atoms with Gasteiger partial charge in [0.2, 0.25) is 0 Å². The van der Waals surface area contributed by atoms with Crippen molar-refractivity contribution < 1.29 is 23.9 Å². The van der Waals surface area contributed by atoms with Gasteiger partial charge in [-0.25, -0.2) is 19.9 Å². The van der Waals surface area contributed by atoms with Gasteiger partial charge in [0, 0.05) is 81.7 Å². The van der Waals surface area contributed by atoms with Crippen LogP contribution >= 0.6 is 79.6 Å². The number of alkyl halides is 1. The second kappa shape index (κ2) is 44.0. The third-order valence-corrected chi connectivity index (χ3v) is 23.9. The number of carbonyl (C=O) groups excluding carboxylic acids is 1. The van der Waals surface area contributed by atoms with Crippen LogP contribution in [0.3, 0.4) is 0 Å². The second-order valence-corrected chi connectivity index (χ2v) is 34.2. The summed E-state index contributed by atoms with van der Waals surface area (Å²) < 4.78 is 25.1. The van der Waals surface area contributed by atoms with E-state index in [0.717, 1.165) is 165 Å². The molecule has 21 heteroatoms. The fraction of sp³-hybridized carbons (Fsp3) is 0.00909. The molecule has 15 nitrogen and oxygen atoms in total. The first kappa shape index (κ1) is 89.8. The largest absolute Gasteiger partial charge is 0.569 e. The Hall–Kier alpha value is -14.5. The van der Waals surface area contributed by atoms with E-state index in [9.17, 15) is 4.79 Å². The summed E-state index contributed by atoms with van der Waals surface area (Å²) in [5, 5.41) is 11.5. The first-order valence-corrected chi connectivity index (χ1v) is 45.7. The van der Waals surface area contributed by atoms with E-state index in [0.29, 0.717) is 25.1 Å². The summed E-state index contributed by atoms with van der Waals surface area (Å²) in [6.07, 6.45) is 7.82. The first-order chi connectivity index (χ1) is 64.2. The topological polar surface area (TPSA) is 193 Å². The minimum absolute atomic E-state index is 0.0896. The Morgan fingerprint density at radius 1 is 0.351 bits per heavy atom. The molecule has 1 radical (unpaired) electrons. The Balaban J connectivity index is 0.000000121. The summed E-state index contributed by atoms with van der Waals surface area (Å²) in [6, 6.07) is 141. The van der Waals surface area contributed by atoms with Gasteiger partial charge >= 0.3 is 7.69 Å². The number of fused-ring (bicyclic) bond motifs is 6. The number of nitrogens with two attached hydrogens (primary N) is 2. The van der Waals surface area contributed by atoms with Gasteiger partial charge in [-0.3, -0.25) is 13.6 Å². The minimum atomic E-state index is -0.268. The number of aromatic nitrogens is 6. The SMILES string of the molecule is Brc1ccc(-c2ccc3nc(-c4ccccc4)c(-c4ccccc4)n3c2)cc1.Nc1ccc(-c2ccc(Br)cc2)cn1.Nc1ccc(Br)cn1.O=C(c1ccccc1)C(Br)c1ccccc1.O[B]Oc1ccc(Br)cc1.c1ccc(-c2nc3ccc(-c4ccc(N5c6ccccc6Oc6ccccc65)cc4)cn3c2-c2ccccc2)cc1.c1ccc2c(c1)Nc1ccccc1O2. The molecule has 0 saturated carbocycles. The molecule has 1 unspecified atom stereocenters. The van der Waals surface area contributed by atoms with Crippen LogP contribution in [-0.2, 0) is 0 Å². The van der Waals surface area contributed by atoms with Gasteiger partial charge in [0.05, 0.1) is 45.5 Å². The predicted octanol–water partition coefficient (Wildman–Crippen LogP) is 30.4. The van der Waals surface area contributed by atoms with Crippen molar-refractivity contribution in [1.29, 1.82) is 0 Å².